The molecule has 18 heavy (non-hydrogen) atoms. The highest BCUT2D eigenvalue weighted by atomic mass is 32.2. The summed E-state index contributed by atoms with van der Waals surface area (Å²) in [5.74, 6) is 0. The molecule has 0 fully saturated rings. The number of aryl methyl sites for hydroxylation is 2. The smallest absolute Gasteiger partial charge is 0.265 e. The summed E-state index contributed by atoms with van der Waals surface area (Å²) in [5.41, 5.74) is 8.50. The van der Waals surface area contributed by atoms with E-state index in [1.54, 1.807) is 19.1 Å². The van der Waals surface area contributed by atoms with Crippen LogP contribution in [0.2, 0.25) is 0 Å². The lowest BCUT2D eigenvalue weighted by Crippen LogP contribution is -2.13. The number of nitrogen functional groups attached to an aromatic ring is 1. The molecule has 7 heteroatoms. The van der Waals surface area contributed by atoms with Crippen molar-refractivity contribution < 1.29 is 8.42 Å². The summed E-state index contributed by atoms with van der Waals surface area (Å²) in [6.07, 6.45) is 2.57. The van der Waals surface area contributed by atoms with Gasteiger partial charge in [0.1, 0.15) is 4.90 Å². The fourth-order valence-corrected chi connectivity index (χ4v) is 2.56. The molecule has 4 N–H and O–H groups in total. The van der Waals surface area contributed by atoms with Gasteiger partial charge < -0.3 is 5.73 Å². The van der Waals surface area contributed by atoms with Gasteiger partial charge in [-0.1, -0.05) is 0 Å². The monoisotopic (exact) mass is 266 g/mol. The number of aromatic amines is 1. The molecule has 2 rings (SSSR count). The van der Waals surface area contributed by atoms with Crippen molar-refractivity contribution >= 4 is 21.4 Å². The average Bonchev–Trinajstić information content (AvgIpc) is 2.79. The molecule has 2 aromatic rings. The van der Waals surface area contributed by atoms with E-state index in [0.29, 0.717) is 11.4 Å². The first-order valence-electron chi connectivity index (χ1n) is 5.28. The Kier molecular flexibility index (Phi) is 3.00. The van der Waals surface area contributed by atoms with Gasteiger partial charge in [0.05, 0.1) is 11.9 Å². The number of aromatic nitrogens is 2. The van der Waals surface area contributed by atoms with Gasteiger partial charge in [-0.3, -0.25) is 9.82 Å². The number of nitrogens with two attached hydrogens (primary N) is 1. The zero-order valence-corrected chi connectivity index (χ0v) is 10.9. The van der Waals surface area contributed by atoms with E-state index in [1.807, 2.05) is 6.92 Å². The lowest BCUT2D eigenvalue weighted by Gasteiger charge is -2.11. The van der Waals surface area contributed by atoms with Gasteiger partial charge in [-0.05, 0) is 37.1 Å². The maximum absolute atomic E-state index is 12.0. The van der Waals surface area contributed by atoms with Gasteiger partial charge in [-0.15, -0.1) is 0 Å². The van der Waals surface area contributed by atoms with Crippen LogP contribution in [-0.4, -0.2) is 18.6 Å². The summed E-state index contributed by atoms with van der Waals surface area (Å²) < 4.78 is 26.5. The van der Waals surface area contributed by atoms with Crippen LogP contribution in [0.15, 0.2) is 29.4 Å². The lowest BCUT2D eigenvalue weighted by atomic mass is 10.1. The summed E-state index contributed by atoms with van der Waals surface area (Å²) >= 11 is 0. The molecular formula is C11H14N4O2S. The number of hydrogen-bond acceptors (Lipinski definition) is 4. The first-order valence-corrected chi connectivity index (χ1v) is 6.77. The highest BCUT2D eigenvalue weighted by molar-refractivity contribution is 7.92. The first kappa shape index (κ1) is 12.4. The highest BCUT2D eigenvalue weighted by Crippen LogP contribution is 2.24. The van der Waals surface area contributed by atoms with Crippen LogP contribution in [0.1, 0.15) is 11.1 Å². The number of H-pyrrole nitrogens is 1. The molecule has 0 aliphatic carbocycles. The molecule has 0 radical (unpaired) electrons. The number of sulfonamides is 1. The predicted octanol–water partition coefficient (Wildman–Crippen LogP) is 1.41. The summed E-state index contributed by atoms with van der Waals surface area (Å²) in [5, 5.41) is 6.09. The third-order valence-corrected chi connectivity index (χ3v) is 3.97. The summed E-state index contributed by atoms with van der Waals surface area (Å²) in [6.45, 7) is 3.62. The van der Waals surface area contributed by atoms with Gasteiger partial charge in [-0.25, -0.2) is 8.42 Å². The lowest BCUT2D eigenvalue weighted by molar-refractivity contribution is 0.601. The second-order valence-electron chi connectivity index (χ2n) is 4.06. The Morgan fingerprint density at radius 1 is 1.28 bits per heavy atom. The molecule has 0 spiro atoms. The predicted molar refractivity (Wildman–Crippen MR) is 69.7 cm³/mol. The zero-order valence-electron chi connectivity index (χ0n) is 10.1. The maximum atomic E-state index is 12.0. The molecule has 0 amide bonds. The third kappa shape index (κ3) is 2.30. The van der Waals surface area contributed by atoms with E-state index < -0.39 is 10.0 Å². The molecule has 1 aromatic heterocycles. The molecule has 96 valence electrons. The average molecular weight is 266 g/mol. The Balaban J connectivity index is 2.39. The molecule has 0 saturated heterocycles. The fourth-order valence-electron chi connectivity index (χ4n) is 1.54. The Hall–Kier alpha value is -2.02. The molecule has 1 aromatic carbocycles. The van der Waals surface area contributed by atoms with Crippen LogP contribution < -0.4 is 10.5 Å². The number of hydrogen-bond donors (Lipinski definition) is 3. The summed E-state index contributed by atoms with van der Waals surface area (Å²) in [6, 6.07) is 3.45. The van der Waals surface area contributed by atoms with Crippen molar-refractivity contribution in [2.75, 3.05) is 10.5 Å². The van der Waals surface area contributed by atoms with Gasteiger partial charge in [0, 0.05) is 11.9 Å². The van der Waals surface area contributed by atoms with E-state index in [2.05, 4.69) is 14.9 Å². The van der Waals surface area contributed by atoms with Gasteiger partial charge in [0.25, 0.3) is 10.0 Å². The van der Waals surface area contributed by atoms with Crippen LogP contribution in [-0.2, 0) is 10.0 Å². The van der Waals surface area contributed by atoms with Gasteiger partial charge in [0.15, 0.2) is 0 Å². The SMILES string of the molecule is Cc1cc(NS(=O)(=O)c2cn[nH]c2)c(C)cc1N. The molecule has 0 aliphatic rings. The van der Waals surface area contributed by atoms with Crippen LogP contribution >= 0.6 is 0 Å². The van der Waals surface area contributed by atoms with Crippen LogP contribution in [0.25, 0.3) is 0 Å². The Bertz CT molecular complexity index is 663. The van der Waals surface area contributed by atoms with E-state index >= 15 is 0 Å². The fraction of sp³-hybridized carbons (Fsp3) is 0.182. The van der Waals surface area contributed by atoms with Gasteiger partial charge in [-0.2, -0.15) is 5.10 Å². The van der Waals surface area contributed by atoms with Crippen LogP contribution in [0.4, 0.5) is 11.4 Å². The first-order chi connectivity index (χ1) is 8.40. The van der Waals surface area contributed by atoms with E-state index in [9.17, 15) is 8.42 Å². The second kappa shape index (κ2) is 4.34. The van der Waals surface area contributed by atoms with Crippen LogP contribution in [0, 0.1) is 13.8 Å². The number of benzene rings is 1. The van der Waals surface area contributed by atoms with Gasteiger partial charge >= 0.3 is 0 Å². The second-order valence-corrected chi connectivity index (χ2v) is 5.75. The van der Waals surface area contributed by atoms with Crippen molar-refractivity contribution in [3.63, 3.8) is 0 Å². The Morgan fingerprint density at radius 2 is 2.00 bits per heavy atom. The van der Waals surface area contributed by atoms with Crippen molar-refractivity contribution in [1.29, 1.82) is 0 Å². The van der Waals surface area contributed by atoms with Crippen LogP contribution in [0.5, 0.6) is 0 Å². The van der Waals surface area contributed by atoms with E-state index in [4.69, 9.17) is 5.73 Å². The zero-order chi connectivity index (χ0) is 13.3. The van der Waals surface area contributed by atoms with E-state index in [0.717, 1.165) is 11.1 Å². The van der Waals surface area contributed by atoms with Crippen LogP contribution in [0.3, 0.4) is 0 Å². The topological polar surface area (TPSA) is 101 Å². The van der Waals surface area contributed by atoms with Crippen molar-refractivity contribution in [2.45, 2.75) is 18.7 Å². The summed E-state index contributed by atoms with van der Waals surface area (Å²) in [7, 11) is -3.61. The number of nitrogens with one attached hydrogen (secondary N) is 2. The molecule has 6 nitrogen and oxygen atoms in total. The maximum Gasteiger partial charge on any atom is 0.265 e. The molecule has 0 bridgehead atoms. The number of rotatable bonds is 3. The standard InChI is InChI=1S/C11H14N4O2S/c1-7-4-11(8(2)3-10(7)12)15-18(16,17)9-5-13-14-6-9/h3-6,15H,12H2,1-2H3,(H,13,14). The largest absolute Gasteiger partial charge is 0.399 e. The minimum atomic E-state index is -3.61. The number of anilines is 2. The Labute approximate surface area is 105 Å². The third-order valence-electron chi connectivity index (χ3n) is 2.64. The van der Waals surface area contributed by atoms with Crippen molar-refractivity contribution in [1.82, 2.24) is 10.2 Å². The number of nitrogens with zero attached hydrogens (tertiary/aromatic N) is 1. The van der Waals surface area contributed by atoms with E-state index in [-0.39, 0.29) is 4.90 Å². The summed E-state index contributed by atoms with van der Waals surface area (Å²) in [4.78, 5) is 0.0939. The van der Waals surface area contributed by atoms with Crippen molar-refractivity contribution in [3.8, 4) is 0 Å². The van der Waals surface area contributed by atoms with Crippen molar-refractivity contribution in [3.05, 3.63) is 35.7 Å². The normalized spacial score (nSPS) is 11.4. The minimum Gasteiger partial charge on any atom is -0.399 e. The van der Waals surface area contributed by atoms with Gasteiger partial charge in [0.2, 0.25) is 0 Å². The highest BCUT2D eigenvalue weighted by Gasteiger charge is 2.16. The van der Waals surface area contributed by atoms with E-state index in [1.165, 1.54) is 12.4 Å². The molecule has 0 unspecified atom stereocenters. The van der Waals surface area contributed by atoms with Crippen molar-refractivity contribution in [2.24, 2.45) is 0 Å². The molecule has 1 heterocycles. The quantitative estimate of drug-likeness (QED) is 0.731. The molecule has 0 saturated carbocycles. The Morgan fingerprint density at radius 3 is 2.61 bits per heavy atom. The molecular weight excluding hydrogens is 252 g/mol. The minimum absolute atomic E-state index is 0.0939. The molecule has 0 aliphatic heterocycles. The molecule has 0 atom stereocenters.